The molecule has 0 spiro atoms. The molecule has 1 unspecified atom stereocenters. The molecule has 5 aromatic rings. The van der Waals surface area contributed by atoms with Gasteiger partial charge < -0.3 is 18.5 Å². The van der Waals surface area contributed by atoms with Gasteiger partial charge in [-0.25, -0.2) is 9.97 Å². The zero-order valence-electron chi connectivity index (χ0n) is 22.1. The third-order valence-corrected chi connectivity index (χ3v) is 7.50. The van der Waals surface area contributed by atoms with E-state index in [9.17, 15) is 26.2 Å². The quantitative estimate of drug-likeness (QED) is 0.194. The molecule has 1 aliphatic rings. The minimum Gasteiger partial charge on any atom is -0.440 e. The molecule has 42 heavy (non-hydrogen) atoms. The second-order valence-electron chi connectivity index (χ2n) is 9.49. The van der Waals surface area contributed by atoms with Crippen LogP contribution in [0.25, 0.3) is 39.4 Å². The largest absolute Gasteiger partial charge is 0.586 e. The number of oxazole rings is 1. The van der Waals surface area contributed by atoms with Gasteiger partial charge in [0.2, 0.25) is 0 Å². The van der Waals surface area contributed by atoms with Crippen molar-refractivity contribution >= 4 is 10.8 Å². The van der Waals surface area contributed by atoms with E-state index in [0.717, 1.165) is 6.20 Å². The number of nitrogens with zero attached hydrogens (tertiary/aromatic N) is 3. The molecular weight excluding hydrogens is 581 g/mol. The Hall–Kier alpha value is -4.52. The van der Waals surface area contributed by atoms with Gasteiger partial charge in [-0.2, -0.15) is 13.2 Å². The number of halogens is 5. The summed E-state index contributed by atoms with van der Waals surface area (Å²) < 4.78 is 96.4. The van der Waals surface area contributed by atoms with E-state index in [1.165, 1.54) is 29.7 Å². The van der Waals surface area contributed by atoms with E-state index in [1.807, 2.05) is 6.07 Å². The van der Waals surface area contributed by atoms with E-state index in [1.54, 1.807) is 49.6 Å². The van der Waals surface area contributed by atoms with Crippen molar-refractivity contribution in [3.05, 3.63) is 84.3 Å². The Kier molecular flexibility index (Phi) is 6.44. The standard InChI is InChI=1S/C29H20F5N3O4S/c1-15-35-25(28(30,31)32)14-37(15)22-9-7-18(17-5-4-6-20(11-17)42(3)38)12-21(22)26-27(39-16(2)36-26)19-8-10-23-24(13-19)41-29(33,34)40-23/h4-14H,1-3H3. The first-order chi connectivity index (χ1) is 19.8. The summed E-state index contributed by atoms with van der Waals surface area (Å²) >= 11 is 0. The Morgan fingerprint density at radius 3 is 2.31 bits per heavy atom. The van der Waals surface area contributed by atoms with Crippen molar-refractivity contribution in [3.8, 4) is 50.9 Å². The van der Waals surface area contributed by atoms with Crippen molar-refractivity contribution in [1.82, 2.24) is 14.5 Å². The highest BCUT2D eigenvalue weighted by Gasteiger charge is 2.43. The highest BCUT2D eigenvalue weighted by Crippen LogP contribution is 2.45. The summed E-state index contributed by atoms with van der Waals surface area (Å²) in [6.45, 7) is 3.03. The van der Waals surface area contributed by atoms with Crippen LogP contribution >= 0.6 is 0 Å². The Labute approximate surface area is 238 Å². The van der Waals surface area contributed by atoms with Gasteiger partial charge in [-0.1, -0.05) is 18.2 Å². The van der Waals surface area contributed by atoms with Crippen molar-refractivity contribution in [1.29, 1.82) is 0 Å². The van der Waals surface area contributed by atoms with Gasteiger partial charge in [0.05, 0.1) is 5.69 Å². The molecule has 2 aromatic heterocycles. The van der Waals surface area contributed by atoms with Gasteiger partial charge in [0.1, 0.15) is 11.5 Å². The lowest BCUT2D eigenvalue weighted by molar-refractivity contribution is -0.286. The van der Waals surface area contributed by atoms with E-state index >= 15 is 0 Å². The van der Waals surface area contributed by atoms with E-state index in [0.29, 0.717) is 32.8 Å². The number of ether oxygens (including phenoxy) is 2. The van der Waals surface area contributed by atoms with Gasteiger partial charge in [-0.3, -0.25) is 4.21 Å². The van der Waals surface area contributed by atoms with Crippen LogP contribution in [0.2, 0.25) is 0 Å². The van der Waals surface area contributed by atoms with E-state index < -0.39 is 29.0 Å². The molecule has 0 amide bonds. The molecule has 0 fully saturated rings. The fourth-order valence-electron chi connectivity index (χ4n) is 4.72. The Bertz CT molecular complexity index is 1880. The highest BCUT2D eigenvalue weighted by atomic mass is 32.2. The van der Waals surface area contributed by atoms with Crippen molar-refractivity contribution in [2.75, 3.05) is 6.26 Å². The van der Waals surface area contributed by atoms with Crippen LogP contribution in [0.1, 0.15) is 17.4 Å². The molecule has 6 rings (SSSR count). The van der Waals surface area contributed by atoms with E-state index in [4.69, 9.17) is 4.42 Å². The number of imidazole rings is 1. The molecule has 3 aromatic carbocycles. The molecule has 0 aliphatic carbocycles. The van der Waals surface area contributed by atoms with E-state index in [2.05, 4.69) is 19.4 Å². The zero-order chi connectivity index (χ0) is 30.0. The number of hydrogen-bond donors (Lipinski definition) is 0. The monoisotopic (exact) mass is 601 g/mol. The minimum absolute atomic E-state index is 0.0757. The van der Waals surface area contributed by atoms with Gasteiger partial charge in [0.25, 0.3) is 0 Å². The fourth-order valence-corrected chi connectivity index (χ4v) is 5.28. The summed E-state index contributed by atoms with van der Waals surface area (Å²) in [6.07, 6.45) is -6.05. The number of aromatic nitrogens is 3. The molecule has 216 valence electrons. The summed E-state index contributed by atoms with van der Waals surface area (Å²) in [5.41, 5.74) is 1.56. The number of hydrogen-bond acceptors (Lipinski definition) is 6. The maximum absolute atomic E-state index is 13.7. The fraction of sp³-hybridized carbons (Fsp3) is 0.172. The number of rotatable bonds is 5. The molecular formula is C29H20F5N3O4S. The topological polar surface area (TPSA) is 79.4 Å². The van der Waals surface area contributed by atoms with Crippen LogP contribution in [0.15, 0.2) is 76.2 Å². The average Bonchev–Trinajstić information content (AvgIpc) is 3.60. The number of fused-ring (bicyclic) bond motifs is 1. The predicted octanol–water partition coefficient (Wildman–Crippen LogP) is 7.56. The third-order valence-electron chi connectivity index (χ3n) is 6.58. The maximum Gasteiger partial charge on any atom is 0.586 e. The number of aryl methyl sites for hydroxylation is 2. The first-order valence-electron chi connectivity index (χ1n) is 12.4. The average molecular weight is 602 g/mol. The lowest BCUT2D eigenvalue weighted by Gasteiger charge is -2.14. The summed E-state index contributed by atoms with van der Waals surface area (Å²) in [5, 5.41) is 0. The van der Waals surface area contributed by atoms with Crippen LogP contribution < -0.4 is 9.47 Å². The Balaban J connectivity index is 1.57. The second-order valence-corrected chi connectivity index (χ2v) is 10.9. The van der Waals surface area contributed by atoms with Crippen molar-refractivity contribution in [2.24, 2.45) is 0 Å². The van der Waals surface area contributed by atoms with Crippen LogP contribution in [0.5, 0.6) is 11.5 Å². The molecule has 1 aliphatic heterocycles. The van der Waals surface area contributed by atoms with Gasteiger partial charge in [0.15, 0.2) is 28.8 Å². The van der Waals surface area contributed by atoms with Crippen molar-refractivity contribution in [3.63, 3.8) is 0 Å². The van der Waals surface area contributed by atoms with Gasteiger partial charge in [-0.05, 0) is 60.5 Å². The molecule has 0 radical (unpaired) electrons. The number of benzene rings is 3. The van der Waals surface area contributed by atoms with Crippen LogP contribution in [0.4, 0.5) is 22.0 Å². The Morgan fingerprint density at radius 2 is 1.60 bits per heavy atom. The first-order valence-corrected chi connectivity index (χ1v) is 13.9. The summed E-state index contributed by atoms with van der Waals surface area (Å²) in [6, 6.07) is 16.2. The van der Waals surface area contributed by atoms with Crippen LogP contribution in [0.3, 0.4) is 0 Å². The van der Waals surface area contributed by atoms with Crippen LogP contribution in [0, 0.1) is 13.8 Å². The zero-order valence-corrected chi connectivity index (χ0v) is 22.9. The van der Waals surface area contributed by atoms with Crippen molar-refractivity contribution < 1.29 is 40.1 Å². The second kappa shape index (κ2) is 9.79. The molecule has 13 heteroatoms. The summed E-state index contributed by atoms with van der Waals surface area (Å²) in [4.78, 5) is 8.83. The SMILES string of the molecule is Cc1nc(-c2cc(-c3cccc(S(C)=O)c3)ccc2-n2cc(C(F)(F)F)nc2C)c(-c2ccc3c(c2)OC(F)(F)O3)o1. The van der Waals surface area contributed by atoms with Crippen molar-refractivity contribution in [2.45, 2.75) is 31.2 Å². The van der Waals surface area contributed by atoms with Crippen LogP contribution in [-0.4, -0.2) is 31.3 Å². The van der Waals surface area contributed by atoms with Gasteiger partial charge >= 0.3 is 12.5 Å². The normalized spacial score (nSPS) is 14.8. The van der Waals surface area contributed by atoms with E-state index in [-0.39, 0.29) is 34.7 Å². The third kappa shape index (κ3) is 5.04. The van der Waals surface area contributed by atoms with Gasteiger partial charge in [0, 0.05) is 46.2 Å². The predicted molar refractivity (Wildman–Crippen MR) is 143 cm³/mol. The summed E-state index contributed by atoms with van der Waals surface area (Å²) in [5.74, 6) is 0.0971. The molecule has 7 nitrogen and oxygen atoms in total. The highest BCUT2D eigenvalue weighted by molar-refractivity contribution is 7.84. The number of alkyl halides is 5. The first kappa shape index (κ1) is 27.6. The molecule has 0 saturated heterocycles. The molecule has 0 N–H and O–H groups in total. The smallest absolute Gasteiger partial charge is 0.440 e. The maximum atomic E-state index is 13.7. The molecule has 0 saturated carbocycles. The molecule has 0 bridgehead atoms. The lowest BCUT2D eigenvalue weighted by Crippen LogP contribution is -2.25. The Morgan fingerprint density at radius 1 is 0.881 bits per heavy atom. The molecule has 1 atom stereocenters. The van der Waals surface area contributed by atoms with Gasteiger partial charge in [-0.15, -0.1) is 8.78 Å². The lowest BCUT2D eigenvalue weighted by atomic mass is 9.98. The van der Waals surface area contributed by atoms with Crippen LogP contribution in [-0.2, 0) is 17.0 Å². The minimum atomic E-state index is -4.67. The molecule has 3 heterocycles. The summed E-state index contributed by atoms with van der Waals surface area (Å²) in [7, 11) is -1.25.